The van der Waals surface area contributed by atoms with Crippen LogP contribution in [0.3, 0.4) is 0 Å². The molecule has 0 radical (unpaired) electrons. The maximum Gasteiger partial charge on any atom is 0.308 e. The zero-order chi connectivity index (χ0) is 14.4. The average molecular weight is 267 g/mol. The first-order valence-corrected chi connectivity index (χ1v) is 6.55. The van der Waals surface area contributed by atoms with Crippen molar-refractivity contribution in [3.63, 3.8) is 0 Å². The minimum atomic E-state index is -0.873. The van der Waals surface area contributed by atoms with Crippen LogP contribution in [0.2, 0.25) is 0 Å². The van der Waals surface area contributed by atoms with Crippen molar-refractivity contribution in [3.05, 3.63) is 17.5 Å². The average Bonchev–Trinajstić information content (AvgIpc) is 2.75. The number of hydrogen-bond acceptors (Lipinski definition) is 3. The summed E-state index contributed by atoms with van der Waals surface area (Å²) in [7, 11) is 0. The zero-order valence-electron chi connectivity index (χ0n) is 11.6. The summed E-state index contributed by atoms with van der Waals surface area (Å²) >= 11 is 0. The van der Waals surface area contributed by atoms with Crippen molar-refractivity contribution in [1.82, 2.24) is 15.1 Å². The predicted molar refractivity (Wildman–Crippen MR) is 71.0 cm³/mol. The summed E-state index contributed by atoms with van der Waals surface area (Å²) < 4.78 is 1.61. The molecule has 2 N–H and O–H groups in total. The number of carbonyl (C=O) groups excluding carboxylic acids is 1. The Morgan fingerprint density at radius 2 is 2.16 bits per heavy atom. The molecular formula is C13H21N3O3. The highest BCUT2D eigenvalue weighted by Crippen LogP contribution is 2.07. The quantitative estimate of drug-likeness (QED) is 0.783. The number of nitrogens with zero attached hydrogens (tertiary/aromatic N) is 2. The maximum absolute atomic E-state index is 12.0. The van der Waals surface area contributed by atoms with Gasteiger partial charge in [0.25, 0.3) is 5.91 Å². The van der Waals surface area contributed by atoms with Gasteiger partial charge in [-0.25, -0.2) is 0 Å². The van der Waals surface area contributed by atoms with Crippen LogP contribution in [0.15, 0.2) is 6.07 Å². The van der Waals surface area contributed by atoms with Gasteiger partial charge in [-0.2, -0.15) is 5.10 Å². The van der Waals surface area contributed by atoms with Gasteiger partial charge in [0.1, 0.15) is 5.69 Å². The molecular weight excluding hydrogens is 246 g/mol. The highest BCUT2D eigenvalue weighted by atomic mass is 16.4. The molecule has 1 aromatic heterocycles. The first-order chi connectivity index (χ1) is 8.99. The van der Waals surface area contributed by atoms with Crippen LogP contribution in [0.5, 0.6) is 0 Å². The first-order valence-electron chi connectivity index (χ1n) is 6.55. The topological polar surface area (TPSA) is 84.2 Å². The maximum atomic E-state index is 12.0. The lowest BCUT2D eigenvalue weighted by molar-refractivity contribution is -0.141. The molecule has 6 heteroatoms. The van der Waals surface area contributed by atoms with Crippen LogP contribution < -0.4 is 5.32 Å². The van der Waals surface area contributed by atoms with E-state index in [1.165, 1.54) is 0 Å². The van der Waals surface area contributed by atoms with Crippen molar-refractivity contribution < 1.29 is 14.7 Å². The van der Waals surface area contributed by atoms with Gasteiger partial charge in [-0.1, -0.05) is 13.3 Å². The summed E-state index contributed by atoms with van der Waals surface area (Å²) in [5, 5.41) is 15.9. The highest BCUT2D eigenvalue weighted by molar-refractivity contribution is 5.92. The number of rotatable bonds is 7. The van der Waals surface area contributed by atoms with Crippen LogP contribution >= 0.6 is 0 Å². The lowest BCUT2D eigenvalue weighted by Crippen LogP contribution is -2.34. The van der Waals surface area contributed by atoms with E-state index in [0.717, 1.165) is 12.1 Å². The van der Waals surface area contributed by atoms with Gasteiger partial charge >= 0.3 is 5.97 Å². The van der Waals surface area contributed by atoms with E-state index in [0.29, 0.717) is 18.7 Å². The second-order valence-corrected chi connectivity index (χ2v) is 4.52. The zero-order valence-corrected chi connectivity index (χ0v) is 11.6. The van der Waals surface area contributed by atoms with Crippen LogP contribution in [-0.4, -0.2) is 33.3 Å². The third-order valence-corrected chi connectivity index (χ3v) is 2.93. The van der Waals surface area contributed by atoms with Crippen molar-refractivity contribution in [2.45, 2.75) is 40.2 Å². The summed E-state index contributed by atoms with van der Waals surface area (Å²) in [6.45, 7) is 6.40. The minimum absolute atomic E-state index is 0.149. The Hall–Kier alpha value is -1.85. The molecule has 0 aliphatic carbocycles. The summed E-state index contributed by atoms with van der Waals surface area (Å²) in [4.78, 5) is 23.0. The Labute approximate surface area is 112 Å². The first kappa shape index (κ1) is 15.2. The Morgan fingerprint density at radius 3 is 2.68 bits per heavy atom. The monoisotopic (exact) mass is 267 g/mol. The van der Waals surface area contributed by atoms with Gasteiger partial charge < -0.3 is 10.4 Å². The summed E-state index contributed by atoms with van der Waals surface area (Å²) in [5.41, 5.74) is 1.25. The summed E-state index contributed by atoms with van der Waals surface area (Å²) in [6.07, 6.45) is 1.33. The number of carboxylic acid groups (broad SMARTS) is 1. The lowest BCUT2D eigenvalue weighted by atomic mass is 10.0. The van der Waals surface area contributed by atoms with Crippen molar-refractivity contribution in [3.8, 4) is 0 Å². The second-order valence-electron chi connectivity index (χ2n) is 4.52. The molecule has 106 valence electrons. The van der Waals surface area contributed by atoms with Crippen molar-refractivity contribution in [2.75, 3.05) is 6.54 Å². The largest absolute Gasteiger partial charge is 0.481 e. The highest BCUT2D eigenvalue weighted by Gasteiger charge is 2.19. The van der Waals surface area contributed by atoms with Crippen LogP contribution in [0.4, 0.5) is 0 Å². The molecule has 0 aromatic carbocycles. The van der Waals surface area contributed by atoms with E-state index >= 15 is 0 Å². The van der Waals surface area contributed by atoms with E-state index < -0.39 is 11.9 Å². The van der Waals surface area contributed by atoms with Crippen molar-refractivity contribution in [1.29, 1.82) is 0 Å². The number of nitrogens with one attached hydrogen (secondary N) is 1. The smallest absolute Gasteiger partial charge is 0.308 e. The van der Waals surface area contributed by atoms with Gasteiger partial charge in [-0.05, 0) is 26.3 Å². The standard InChI is InChI=1S/C13H21N3O3/c1-4-6-10(13(18)19)8-14-12(17)11-7-9(3)15-16(11)5-2/h7,10H,4-6,8H2,1-3H3,(H,14,17)(H,18,19). The third-order valence-electron chi connectivity index (χ3n) is 2.93. The van der Waals surface area contributed by atoms with Crippen LogP contribution in [-0.2, 0) is 11.3 Å². The fraction of sp³-hybridized carbons (Fsp3) is 0.615. The van der Waals surface area contributed by atoms with Gasteiger partial charge in [-0.15, -0.1) is 0 Å². The van der Waals surface area contributed by atoms with Gasteiger partial charge in [0.2, 0.25) is 0 Å². The SMILES string of the molecule is CCCC(CNC(=O)c1cc(C)nn1CC)C(=O)O. The van der Waals surface area contributed by atoms with E-state index in [9.17, 15) is 9.59 Å². The van der Waals surface area contributed by atoms with Crippen LogP contribution in [0.1, 0.15) is 42.9 Å². The number of aromatic nitrogens is 2. The number of aryl methyl sites for hydroxylation is 2. The molecule has 0 spiro atoms. The molecule has 0 bridgehead atoms. The fourth-order valence-electron chi connectivity index (χ4n) is 1.94. The minimum Gasteiger partial charge on any atom is -0.481 e. The molecule has 0 fully saturated rings. The molecule has 6 nitrogen and oxygen atoms in total. The molecule has 1 unspecified atom stereocenters. The molecule has 0 aliphatic heterocycles. The number of hydrogen-bond donors (Lipinski definition) is 2. The van der Waals surface area contributed by atoms with Gasteiger partial charge in [0.05, 0.1) is 11.6 Å². The number of aliphatic carboxylic acids is 1. The van der Waals surface area contributed by atoms with Crippen molar-refractivity contribution >= 4 is 11.9 Å². The lowest BCUT2D eigenvalue weighted by Gasteiger charge is -2.12. The Kier molecular flexibility index (Phi) is 5.54. The molecule has 1 heterocycles. The molecule has 0 saturated heterocycles. The fourth-order valence-corrected chi connectivity index (χ4v) is 1.94. The van der Waals surface area contributed by atoms with E-state index in [2.05, 4.69) is 10.4 Å². The number of carbonyl (C=O) groups is 2. The third kappa shape index (κ3) is 4.08. The predicted octanol–water partition coefficient (Wildman–Crippen LogP) is 1.44. The van der Waals surface area contributed by atoms with E-state index in [1.54, 1.807) is 10.7 Å². The van der Waals surface area contributed by atoms with Gasteiger partial charge in [-0.3, -0.25) is 14.3 Å². The molecule has 1 amide bonds. The molecule has 1 aromatic rings. The Bertz CT molecular complexity index is 454. The van der Waals surface area contributed by atoms with E-state index in [4.69, 9.17) is 5.11 Å². The summed E-state index contributed by atoms with van der Waals surface area (Å²) in [5.74, 6) is -1.68. The van der Waals surface area contributed by atoms with Gasteiger partial charge in [0, 0.05) is 13.1 Å². The Morgan fingerprint density at radius 1 is 1.47 bits per heavy atom. The van der Waals surface area contributed by atoms with Crippen LogP contribution in [0, 0.1) is 12.8 Å². The van der Waals surface area contributed by atoms with Crippen molar-refractivity contribution in [2.24, 2.45) is 5.92 Å². The second kappa shape index (κ2) is 6.92. The normalized spacial score (nSPS) is 12.2. The molecule has 0 saturated carbocycles. The van der Waals surface area contributed by atoms with E-state index in [-0.39, 0.29) is 12.5 Å². The summed E-state index contributed by atoms with van der Waals surface area (Å²) in [6, 6.07) is 1.70. The molecule has 1 atom stereocenters. The van der Waals surface area contributed by atoms with E-state index in [1.807, 2.05) is 20.8 Å². The molecule has 19 heavy (non-hydrogen) atoms. The van der Waals surface area contributed by atoms with Gasteiger partial charge in [0.15, 0.2) is 0 Å². The molecule has 0 aliphatic rings. The Balaban J connectivity index is 2.66. The van der Waals surface area contributed by atoms with Crippen LogP contribution in [0.25, 0.3) is 0 Å². The number of amides is 1. The number of carboxylic acids is 1. The molecule has 1 rings (SSSR count).